The Morgan fingerprint density at radius 2 is 1.44 bits per heavy atom. The maximum absolute atomic E-state index is 12.5. The van der Waals surface area contributed by atoms with Crippen LogP contribution in [0, 0.1) is 12.8 Å². The van der Waals surface area contributed by atoms with Crippen molar-refractivity contribution in [1.29, 1.82) is 0 Å². The quantitative estimate of drug-likeness (QED) is 0.238. The zero-order chi connectivity index (χ0) is 24.0. The number of carbonyl (C=O) groups excluding carboxylic acids is 2. The van der Waals surface area contributed by atoms with Crippen LogP contribution in [0.25, 0.3) is 32.7 Å². The SMILES string of the molecule is CC1=CC=C(C)C(C)(c2c3ccccc3c(-c3ccccc3C=O)c3ccc(C)cc23)C1C=O. The largest absolute Gasteiger partial charge is 0.303 e. The highest BCUT2D eigenvalue weighted by molar-refractivity contribution is 6.17. The number of rotatable bonds is 4. The minimum Gasteiger partial charge on any atom is -0.303 e. The molecule has 0 aromatic heterocycles. The Bertz CT molecular complexity index is 1540. The van der Waals surface area contributed by atoms with E-state index in [0.717, 1.165) is 56.4 Å². The van der Waals surface area contributed by atoms with Crippen molar-refractivity contribution in [3.8, 4) is 11.1 Å². The van der Waals surface area contributed by atoms with Gasteiger partial charge in [-0.1, -0.05) is 103 Å². The summed E-state index contributed by atoms with van der Waals surface area (Å²) < 4.78 is 0. The number of hydrogen-bond acceptors (Lipinski definition) is 2. The number of aldehydes is 2. The molecule has 0 bridgehead atoms. The van der Waals surface area contributed by atoms with Gasteiger partial charge in [0.1, 0.15) is 6.29 Å². The summed E-state index contributed by atoms with van der Waals surface area (Å²) in [5.41, 5.74) is 6.75. The Balaban J connectivity index is 2.03. The lowest BCUT2D eigenvalue weighted by atomic mass is 9.61. The van der Waals surface area contributed by atoms with Crippen molar-refractivity contribution in [2.45, 2.75) is 33.1 Å². The first kappa shape index (κ1) is 22.0. The highest BCUT2D eigenvalue weighted by Crippen LogP contribution is 2.51. The third-order valence-corrected chi connectivity index (χ3v) is 7.72. The van der Waals surface area contributed by atoms with E-state index in [1.165, 1.54) is 11.1 Å². The third-order valence-electron chi connectivity index (χ3n) is 7.72. The van der Waals surface area contributed by atoms with Crippen LogP contribution < -0.4 is 0 Å². The highest BCUT2D eigenvalue weighted by atomic mass is 16.1. The second kappa shape index (κ2) is 8.22. The van der Waals surface area contributed by atoms with Crippen molar-refractivity contribution in [2.24, 2.45) is 5.92 Å². The first-order valence-corrected chi connectivity index (χ1v) is 11.7. The Labute approximate surface area is 200 Å². The van der Waals surface area contributed by atoms with Crippen molar-refractivity contribution in [2.75, 3.05) is 0 Å². The summed E-state index contributed by atoms with van der Waals surface area (Å²) >= 11 is 0. The molecule has 0 heterocycles. The third kappa shape index (κ3) is 3.09. The summed E-state index contributed by atoms with van der Waals surface area (Å²) in [5, 5.41) is 4.44. The summed E-state index contributed by atoms with van der Waals surface area (Å²) in [5.74, 6) is -0.252. The molecule has 168 valence electrons. The summed E-state index contributed by atoms with van der Waals surface area (Å²) in [6, 6.07) is 22.7. The van der Waals surface area contributed by atoms with E-state index in [2.05, 4.69) is 69.3 Å². The summed E-state index contributed by atoms with van der Waals surface area (Å²) in [6.07, 6.45) is 6.26. The van der Waals surface area contributed by atoms with Crippen molar-refractivity contribution in [3.05, 3.63) is 107 Å². The molecule has 0 N–H and O–H groups in total. The van der Waals surface area contributed by atoms with Gasteiger partial charge in [-0.2, -0.15) is 0 Å². The van der Waals surface area contributed by atoms with Gasteiger partial charge in [-0.05, 0) is 59.0 Å². The molecule has 5 rings (SSSR count). The normalized spacial score (nSPS) is 20.2. The smallest absolute Gasteiger partial charge is 0.150 e. The van der Waals surface area contributed by atoms with E-state index in [0.29, 0.717) is 5.56 Å². The number of carbonyl (C=O) groups is 2. The fourth-order valence-electron chi connectivity index (χ4n) is 5.80. The first-order valence-electron chi connectivity index (χ1n) is 11.7. The van der Waals surface area contributed by atoms with E-state index >= 15 is 0 Å². The van der Waals surface area contributed by atoms with Crippen LogP contribution >= 0.6 is 0 Å². The predicted molar refractivity (Wildman–Crippen MR) is 141 cm³/mol. The lowest BCUT2D eigenvalue weighted by molar-refractivity contribution is -0.111. The van der Waals surface area contributed by atoms with Crippen molar-refractivity contribution >= 4 is 34.1 Å². The molecule has 0 radical (unpaired) electrons. The Hall–Kier alpha value is -3.78. The molecular weight excluding hydrogens is 416 g/mol. The van der Waals surface area contributed by atoms with Crippen molar-refractivity contribution in [3.63, 3.8) is 0 Å². The van der Waals surface area contributed by atoms with E-state index in [1.807, 2.05) is 37.3 Å². The van der Waals surface area contributed by atoms with Gasteiger partial charge in [0.05, 0.1) is 0 Å². The number of benzene rings is 4. The van der Waals surface area contributed by atoms with E-state index in [9.17, 15) is 9.59 Å². The molecule has 1 aliphatic carbocycles. The molecule has 0 saturated heterocycles. The average Bonchev–Trinajstić information content (AvgIpc) is 2.85. The Morgan fingerprint density at radius 3 is 2.18 bits per heavy atom. The van der Waals surface area contributed by atoms with Gasteiger partial charge < -0.3 is 4.79 Å². The van der Waals surface area contributed by atoms with Crippen LogP contribution in [-0.4, -0.2) is 12.6 Å². The molecule has 2 atom stereocenters. The monoisotopic (exact) mass is 444 g/mol. The predicted octanol–water partition coefficient (Wildman–Crippen LogP) is 7.76. The zero-order valence-corrected chi connectivity index (χ0v) is 20.1. The molecule has 2 heteroatoms. The molecule has 0 fully saturated rings. The summed E-state index contributed by atoms with van der Waals surface area (Å²) in [7, 11) is 0. The molecule has 1 aliphatic rings. The van der Waals surface area contributed by atoms with Crippen molar-refractivity contribution < 1.29 is 9.59 Å². The second-order valence-corrected chi connectivity index (χ2v) is 9.63. The minimum absolute atomic E-state index is 0.252. The van der Waals surface area contributed by atoms with Crippen LogP contribution in [0.2, 0.25) is 0 Å². The van der Waals surface area contributed by atoms with Crippen LogP contribution in [0.15, 0.2) is 90.0 Å². The van der Waals surface area contributed by atoms with Gasteiger partial charge in [0.2, 0.25) is 0 Å². The molecule has 4 aromatic carbocycles. The van der Waals surface area contributed by atoms with Crippen LogP contribution in [0.3, 0.4) is 0 Å². The maximum atomic E-state index is 12.5. The second-order valence-electron chi connectivity index (χ2n) is 9.63. The standard InChI is InChI=1S/C32H28O2/c1-20-13-16-26-28(17-20)31(32(4)22(3)15-14-21(2)29(32)19-34)27-12-8-7-11-25(27)30(26)24-10-6-5-9-23(24)18-33/h5-19,29H,1-4H3. The zero-order valence-electron chi connectivity index (χ0n) is 20.1. The molecule has 0 saturated carbocycles. The van der Waals surface area contributed by atoms with E-state index < -0.39 is 5.41 Å². The Morgan fingerprint density at radius 1 is 0.765 bits per heavy atom. The lowest BCUT2D eigenvalue weighted by Crippen LogP contribution is -2.37. The highest BCUT2D eigenvalue weighted by Gasteiger charge is 2.42. The molecule has 0 spiro atoms. The topological polar surface area (TPSA) is 34.1 Å². The molecule has 2 nitrogen and oxygen atoms in total. The van der Waals surface area contributed by atoms with Gasteiger partial charge in [0, 0.05) is 16.9 Å². The molecule has 34 heavy (non-hydrogen) atoms. The lowest BCUT2D eigenvalue weighted by Gasteiger charge is -2.41. The number of hydrogen-bond donors (Lipinski definition) is 0. The van der Waals surface area contributed by atoms with Crippen LogP contribution in [0.4, 0.5) is 0 Å². The van der Waals surface area contributed by atoms with E-state index in [1.54, 1.807) is 0 Å². The summed E-state index contributed by atoms with van der Waals surface area (Å²) in [6.45, 7) is 8.48. The average molecular weight is 445 g/mol. The van der Waals surface area contributed by atoms with Crippen LogP contribution in [-0.2, 0) is 10.2 Å². The summed E-state index contributed by atoms with van der Waals surface area (Å²) in [4.78, 5) is 24.5. The van der Waals surface area contributed by atoms with E-state index in [4.69, 9.17) is 0 Å². The fraction of sp³-hybridized carbons (Fsp3) is 0.188. The molecule has 0 amide bonds. The van der Waals surface area contributed by atoms with Gasteiger partial charge in [-0.3, -0.25) is 4.79 Å². The number of aryl methyl sites for hydroxylation is 1. The molecule has 0 aliphatic heterocycles. The van der Waals surface area contributed by atoms with Gasteiger partial charge in [0.25, 0.3) is 0 Å². The van der Waals surface area contributed by atoms with Gasteiger partial charge >= 0.3 is 0 Å². The molecular formula is C32H28O2. The number of allylic oxidation sites excluding steroid dienone is 4. The van der Waals surface area contributed by atoms with Gasteiger partial charge in [-0.25, -0.2) is 0 Å². The van der Waals surface area contributed by atoms with Crippen LogP contribution in [0.1, 0.15) is 42.3 Å². The van der Waals surface area contributed by atoms with E-state index in [-0.39, 0.29) is 5.92 Å². The van der Waals surface area contributed by atoms with Gasteiger partial charge in [-0.15, -0.1) is 0 Å². The number of fused-ring (bicyclic) bond motifs is 2. The van der Waals surface area contributed by atoms with Gasteiger partial charge in [0.15, 0.2) is 6.29 Å². The van der Waals surface area contributed by atoms with Crippen LogP contribution in [0.5, 0.6) is 0 Å². The fourth-order valence-corrected chi connectivity index (χ4v) is 5.80. The Kier molecular flexibility index (Phi) is 5.32. The minimum atomic E-state index is -0.491. The first-order chi connectivity index (χ1) is 16.4. The van der Waals surface area contributed by atoms with Crippen molar-refractivity contribution in [1.82, 2.24) is 0 Å². The molecule has 2 unspecified atom stereocenters. The molecule has 4 aromatic rings. The maximum Gasteiger partial charge on any atom is 0.150 e.